The Morgan fingerprint density at radius 1 is 1.31 bits per heavy atom. The van der Waals surface area contributed by atoms with Crippen molar-refractivity contribution in [1.29, 1.82) is 5.26 Å². The lowest BCUT2D eigenvalue weighted by Gasteiger charge is -2.21. The number of fused-ring (bicyclic) bond motifs is 1. The number of carbonyl (C=O) groups is 3. The van der Waals surface area contributed by atoms with Gasteiger partial charge in [-0.3, -0.25) is 14.4 Å². The van der Waals surface area contributed by atoms with Crippen molar-refractivity contribution < 1.29 is 23.5 Å². The van der Waals surface area contributed by atoms with Gasteiger partial charge in [-0.15, -0.1) is 0 Å². The molecule has 0 radical (unpaired) electrons. The molecule has 1 saturated heterocycles. The van der Waals surface area contributed by atoms with Crippen LogP contribution in [0.25, 0.3) is 10.9 Å². The zero-order chi connectivity index (χ0) is 25.6. The Morgan fingerprint density at radius 2 is 2.06 bits per heavy atom. The predicted octanol–water partition coefficient (Wildman–Crippen LogP) is 2.93. The number of halogens is 2. The zero-order valence-corrected chi connectivity index (χ0v) is 20.5. The fraction of sp³-hybridized carbons (Fsp3) is 0.520. The highest BCUT2D eigenvalue weighted by molar-refractivity contribution is 6.33. The fourth-order valence-corrected chi connectivity index (χ4v) is 5.31. The maximum atomic E-state index is 14.4. The maximum Gasteiger partial charge on any atom is 0.268 e. The van der Waals surface area contributed by atoms with Crippen molar-refractivity contribution in [2.75, 3.05) is 7.11 Å². The number of hydrogen-bond acceptors (Lipinski definition) is 5. The van der Waals surface area contributed by atoms with Crippen LogP contribution < -0.4 is 20.7 Å². The molecular formula is C25H27ClFN5O4. The van der Waals surface area contributed by atoms with Crippen LogP contribution in [0, 0.1) is 29.0 Å². The molecule has 3 amide bonds. The number of nitrogens with zero attached hydrogens (tertiary/aromatic N) is 1. The summed E-state index contributed by atoms with van der Waals surface area (Å²) in [6.45, 7) is 0. The molecule has 4 N–H and O–H groups in total. The Hall–Kier alpha value is -3.32. The quantitative estimate of drug-likeness (QED) is 0.407. The molecule has 0 unspecified atom stereocenters. The van der Waals surface area contributed by atoms with Crippen LogP contribution in [0.2, 0.25) is 5.02 Å². The van der Waals surface area contributed by atoms with Crippen LogP contribution in [0.4, 0.5) is 4.39 Å². The largest absolute Gasteiger partial charge is 0.494 e. The predicted molar refractivity (Wildman–Crippen MR) is 129 cm³/mol. The average molecular weight is 516 g/mol. The molecular weight excluding hydrogens is 489 g/mol. The third kappa shape index (κ3) is 4.85. The van der Waals surface area contributed by atoms with Crippen molar-refractivity contribution in [3.63, 3.8) is 0 Å². The van der Waals surface area contributed by atoms with Crippen LogP contribution in [0.5, 0.6) is 5.75 Å². The van der Waals surface area contributed by atoms with Gasteiger partial charge in [-0.05, 0) is 50.2 Å². The summed E-state index contributed by atoms with van der Waals surface area (Å²) in [5, 5.41) is 18.5. The SMILES string of the molecule is COc1c(Cl)cc(F)c2[nH]c(C(=O)N[C@@H](CC3CC3)C(=O)N[C@H](C#N)C[C@@H]3CC4(CC4)NC3=O)cc12. The van der Waals surface area contributed by atoms with Crippen LogP contribution in [-0.4, -0.2) is 47.4 Å². The lowest BCUT2D eigenvalue weighted by atomic mass is 9.95. The van der Waals surface area contributed by atoms with E-state index < -0.39 is 29.7 Å². The van der Waals surface area contributed by atoms with Gasteiger partial charge in [0.1, 0.15) is 29.3 Å². The summed E-state index contributed by atoms with van der Waals surface area (Å²) in [5.41, 5.74) is 0.00453. The molecule has 2 aliphatic carbocycles. The van der Waals surface area contributed by atoms with Gasteiger partial charge in [-0.25, -0.2) is 4.39 Å². The van der Waals surface area contributed by atoms with Gasteiger partial charge in [0.25, 0.3) is 5.91 Å². The minimum Gasteiger partial charge on any atom is -0.494 e. The summed E-state index contributed by atoms with van der Waals surface area (Å²) in [5.74, 6) is -1.58. The number of nitrogens with one attached hydrogen (secondary N) is 4. The number of H-pyrrole nitrogens is 1. The van der Waals surface area contributed by atoms with E-state index in [1.165, 1.54) is 13.2 Å². The molecule has 9 nitrogen and oxygen atoms in total. The van der Waals surface area contributed by atoms with E-state index in [2.05, 4.69) is 27.0 Å². The van der Waals surface area contributed by atoms with Crippen LogP contribution in [-0.2, 0) is 9.59 Å². The first-order chi connectivity index (χ1) is 17.2. The van der Waals surface area contributed by atoms with Gasteiger partial charge < -0.3 is 25.7 Å². The van der Waals surface area contributed by atoms with E-state index in [0.717, 1.165) is 31.7 Å². The minimum atomic E-state index is -0.880. The molecule has 3 atom stereocenters. The molecule has 2 saturated carbocycles. The summed E-state index contributed by atoms with van der Waals surface area (Å²) >= 11 is 6.05. The Bertz CT molecular complexity index is 1280. The van der Waals surface area contributed by atoms with Crippen molar-refractivity contribution in [2.45, 2.75) is 62.6 Å². The number of methoxy groups -OCH3 is 1. The average Bonchev–Trinajstić information content (AvgIpc) is 3.73. The minimum absolute atomic E-state index is 0.0484. The standard InChI is InChI=1S/C25H27ClFN5O4/c1-36-21-15-8-19(30-20(15)17(27)9-16(21)26)24(35)31-18(6-12-2-3-12)23(34)29-14(11-28)7-13-10-25(4-5-25)32-22(13)33/h8-9,12-14,18,30H,2-7,10H2,1H3,(H,29,34)(H,31,35)(H,32,33)/t13-,14+,18+/m1/s1. The maximum absolute atomic E-state index is 14.4. The molecule has 5 rings (SSSR count). The van der Waals surface area contributed by atoms with Crippen LogP contribution in [0.1, 0.15) is 55.4 Å². The van der Waals surface area contributed by atoms with Crippen LogP contribution in [0.15, 0.2) is 12.1 Å². The zero-order valence-electron chi connectivity index (χ0n) is 19.7. The topological polar surface area (TPSA) is 136 Å². The smallest absolute Gasteiger partial charge is 0.268 e. The monoisotopic (exact) mass is 515 g/mol. The number of amides is 3. The number of rotatable bonds is 9. The normalized spacial score (nSPS) is 21.5. The van der Waals surface area contributed by atoms with Gasteiger partial charge in [-0.2, -0.15) is 5.26 Å². The van der Waals surface area contributed by atoms with E-state index in [4.69, 9.17) is 16.3 Å². The molecule has 3 aliphatic rings. The highest BCUT2D eigenvalue weighted by Crippen LogP contribution is 2.46. The number of aromatic nitrogens is 1. The molecule has 36 heavy (non-hydrogen) atoms. The van der Waals surface area contributed by atoms with Gasteiger partial charge >= 0.3 is 0 Å². The van der Waals surface area contributed by atoms with E-state index in [1.54, 1.807) is 0 Å². The third-order valence-corrected chi connectivity index (χ3v) is 7.63. The summed E-state index contributed by atoms with van der Waals surface area (Å²) in [4.78, 5) is 41.2. The Kier molecular flexibility index (Phi) is 6.29. The molecule has 11 heteroatoms. The second-order valence-electron chi connectivity index (χ2n) is 10.1. The Morgan fingerprint density at radius 3 is 2.67 bits per heavy atom. The van der Waals surface area contributed by atoms with Gasteiger partial charge in [-0.1, -0.05) is 24.4 Å². The molecule has 1 aromatic carbocycles. The van der Waals surface area contributed by atoms with Crippen molar-refractivity contribution in [3.8, 4) is 11.8 Å². The lowest BCUT2D eigenvalue weighted by Crippen LogP contribution is -2.50. The van der Waals surface area contributed by atoms with E-state index in [9.17, 15) is 24.0 Å². The summed E-state index contributed by atoms with van der Waals surface area (Å²) < 4.78 is 19.7. The second kappa shape index (κ2) is 9.28. The summed E-state index contributed by atoms with van der Waals surface area (Å²) in [6.07, 6.45) is 5.13. The molecule has 190 valence electrons. The van der Waals surface area contributed by atoms with Gasteiger partial charge in [0, 0.05) is 16.8 Å². The Balaban J connectivity index is 1.28. The van der Waals surface area contributed by atoms with Crippen molar-refractivity contribution in [1.82, 2.24) is 20.9 Å². The summed E-state index contributed by atoms with van der Waals surface area (Å²) in [7, 11) is 1.40. The molecule has 0 bridgehead atoms. The molecule has 1 aromatic heterocycles. The van der Waals surface area contributed by atoms with Gasteiger partial charge in [0.05, 0.1) is 23.7 Å². The first-order valence-electron chi connectivity index (χ1n) is 12.1. The molecule has 3 fully saturated rings. The van der Waals surface area contributed by atoms with Gasteiger partial charge in [0.2, 0.25) is 11.8 Å². The number of nitriles is 1. The van der Waals surface area contributed by atoms with Crippen molar-refractivity contribution >= 4 is 40.2 Å². The van der Waals surface area contributed by atoms with Crippen LogP contribution >= 0.6 is 11.6 Å². The number of benzene rings is 1. The highest BCUT2D eigenvalue weighted by atomic mass is 35.5. The molecule has 1 aliphatic heterocycles. The summed E-state index contributed by atoms with van der Waals surface area (Å²) in [6, 6.07) is 2.87. The first kappa shape index (κ1) is 24.4. The van der Waals surface area contributed by atoms with Gasteiger partial charge in [0.15, 0.2) is 0 Å². The number of hydrogen-bond donors (Lipinski definition) is 4. The van der Waals surface area contributed by atoms with E-state index in [1.807, 2.05) is 0 Å². The number of carbonyl (C=O) groups excluding carboxylic acids is 3. The first-order valence-corrected chi connectivity index (χ1v) is 12.5. The Labute approximate surface area is 212 Å². The van der Waals surface area contributed by atoms with Crippen molar-refractivity contribution in [3.05, 3.63) is 28.7 Å². The fourth-order valence-electron chi connectivity index (χ4n) is 5.03. The number of aromatic amines is 1. The molecule has 2 aromatic rings. The lowest BCUT2D eigenvalue weighted by molar-refractivity contribution is -0.125. The number of ether oxygens (including phenoxy) is 1. The molecule has 2 heterocycles. The van der Waals surface area contributed by atoms with E-state index in [0.29, 0.717) is 24.1 Å². The third-order valence-electron chi connectivity index (χ3n) is 7.35. The molecule has 1 spiro atoms. The van der Waals surface area contributed by atoms with Crippen molar-refractivity contribution in [2.24, 2.45) is 11.8 Å². The van der Waals surface area contributed by atoms with E-state index in [-0.39, 0.29) is 45.8 Å². The van der Waals surface area contributed by atoms with E-state index >= 15 is 0 Å². The highest BCUT2D eigenvalue weighted by Gasteiger charge is 2.52. The second-order valence-corrected chi connectivity index (χ2v) is 10.6. The van der Waals surface area contributed by atoms with Crippen LogP contribution in [0.3, 0.4) is 0 Å².